The van der Waals surface area contributed by atoms with Gasteiger partial charge in [0.2, 0.25) is 0 Å². The Kier molecular flexibility index (Phi) is 5.65. The normalized spacial score (nSPS) is 17.6. The quantitative estimate of drug-likeness (QED) is 0.502. The number of methoxy groups -OCH3 is 1. The first-order valence-electron chi connectivity index (χ1n) is 7.33. The number of nitrogens with two attached hydrogens (primary N) is 1. The van der Waals surface area contributed by atoms with E-state index in [4.69, 9.17) is 10.5 Å². The van der Waals surface area contributed by atoms with Crippen molar-refractivity contribution in [1.29, 1.82) is 0 Å². The molecule has 1 aliphatic rings. The first-order chi connectivity index (χ1) is 9.78. The van der Waals surface area contributed by atoms with Crippen molar-refractivity contribution < 1.29 is 4.74 Å². The van der Waals surface area contributed by atoms with Crippen molar-refractivity contribution in [1.82, 2.24) is 10.3 Å². The van der Waals surface area contributed by atoms with Gasteiger partial charge >= 0.3 is 0 Å². The van der Waals surface area contributed by atoms with Crippen LogP contribution in [0, 0.1) is 0 Å². The van der Waals surface area contributed by atoms with Crippen LogP contribution in [-0.2, 0) is 6.54 Å². The van der Waals surface area contributed by atoms with Gasteiger partial charge in [0.25, 0.3) is 0 Å². The summed E-state index contributed by atoms with van der Waals surface area (Å²) in [6.45, 7) is 0.496. The van der Waals surface area contributed by atoms with E-state index in [1.807, 2.05) is 12.1 Å². The molecule has 2 rings (SSSR count). The third kappa shape index (κ3) is 4.72. The van der Waals surface area contributed by atoms with Gasteiger partial charge in [0.15, 0.2) is 5.96 Å². The summed E-state index contributed by atoms with van der Waals surface area (Å²) in [5.41, 5.74) is 6.83. The second-order valence-corrected chi connectivity index (χ2v) is 5.22. The first kappa shape index (κ1) is 14.6. The van der Waals surface area contributed by atoms with Gasteiger partial charge in [-0.3, -0.25) is 4.98 Å². The Morgan fingerprint density at radius 3 is 2.70 bits per heavy atom. The number of hydrogen-bond acceptors (Lipinski definition) is 3. The highest BCUT2D eigenvalue weighted by atomic mass is 16.5. The Balaban J connectivity index is 1.82. The molecule has 20 heavy (non-hydrogen) atoms. The summed E-state index contributed by atoms with van der Waals surface area (Å²) >= 11 is 0. The monoisotopic (exact) mass is 276 g/mol. The second-order valence-electron chi connectivity index (χ2n) is 5.22. The predicted octanol–water partition coefficient (Wildman–Crippen LogP) is 2.22. The highest BCUT2D eigenvalue weighted by Crippen LogP contribution is 2.17. The van der Waals surface area contributed by atoms with Crippen molar-refractivity contribution in [3.8, 4) is 5.75 Å². The third-order valence-electron chi connectivity index (χ3n) is 3.65. The lowest BCUT2D eigenvalue weighted by Gasteiger charge is -2.16. The number of nitrogens with one attached hydrogen (secondary N) is 1. The average molecular weight is 276 g/mol. The summed E-state index contributed by atoms with van der Waals surface area (Å²) in [6, 6.07) is 4.26. The van der Waals surface area contributed by atoms with Gasteiger partial charge in [-0.05, 0) is 25.0 Å². The zero-order valence-electron chi connectivity index (χ0n) is 12.1. The van der Waals surface area contributed by atoms with Crippen molar-refractivity contribution in [3.63, 3.8) is 0 Å². The van der Waals surface area contributed by atoms with E-state index in [0.717, 1.165) is 11.4 Å². The van der Waals surface area contributed by atoms with Crippen molar-refractivity contribution in [2.45, 2.75) is 51.1 Å². The van der Waals surface area contributed by atoms with E-state index in [-0.39, 0.29) is 0 Å². The van der Waals surface area contributed by atoms with Crippen LogP contribution in [-0.4, -0.2) is 24.1 Å². The van der Waals surface area contributed by atoms with Gasteiger partial charge in [-0.15, -0.1) is 0 Å². The van der Waals surface area contributed by atoms with Gasteiger partial charge in [0.05, 0.1) is 25.5 Å². The summed E-state index contributed by atoms with van der Waals surface area (Å²) in [5, 5.41) is 3.33. The van der Waals surface area contributed by atoms with Crippen LogP contribution in [0.4, 0.5) is 0 Å². The molecule has 5 heteroatoms. The topological polar surface area (TPSA) is 72.5 Å². The molecule has 1 aromatic rings. The lowest BCUT2D eigenvalue weighted by atomic mass is 10.1. The number of aliphatic imine (C=N–C) groups is 1. The molecule has 0 spiro atoms. The van der Waals surface area contributed by atoms with Crippen molar-refractivity contribution in [2.24, 2.45) is 10.7 Å². The summed E-state index contributed by atoms with van der Waals surface area (Å²) < 4.78 is 5.07. The highest BCUT2D eigenvalue weighted by molar-refractivity contribution is 5.78. The fourth-order valence-corrected chi connectivity index (χ4v) is 2.47. The molecule has 0 bridgehead atoms. The Hall–Kier alpha value is -1.78. The van der Waals surface area contributed by atoms with Crippen LogP contribution in [0.1, 0.15) is 44.2 Å². The minimum atomic E-state index is 0.477. The van der Waals surface area contributed by atoms with Crippen LogP contribution in [0.25, 0.3) is 0 Å². The smallest absolute Gasteiger partial charge is 0.189 e. The largest absolute Gasteiger partial charge is 0.495 e. The van der Waals surface area contributed by atoms with Crippen LogP contribution in [0.15, 0.2) is 23.3 Å². The molecule has 1 aromatic heterocycles. The molecule has 0 radical (unpaired) electrons. The molecule has 1 saturated carbocycles. The Labute approximate surface area is 120 Å². The van der Waals surface area contributed by atoms with Crippen LogP contribution in [0.5, 0.6) is 5.75 Å². The zero-order valence-corrected chi connectivity index (χ0v) is 12.1. The van der Waals surface area contributed by atoms with Gasteiger partial charge in [0, 0.05) is 6.04 Å². The maximum absolute atomic E-state index is 5.95. The van der Waals surface area contributed by atoms with E-state index in [2.05, 4.69) is 15.3 Å². The summed E-state index contributed by atoms with van der Waals surface area (Å²) in [5.74, 6) is 1.27. The molecular weight excluding hydrogens is 252 g/mol. The van der Waals surface area contributed by atoms with Gasteiger partial charge in [-0.2, -0.15) is 0 Å². The van der Waals surface area contributed by atoms with E-state index >= 15 is 0 Å². The maximum Gasteiger partial charge on any atom is 0.189 e. The predicted molar refractivity (Wildman–Crippen MR) is 80.7 cm³/mol. The highest BCUT2D eigenvalue weighted by Gasteiger charge is 2.12. The van der Waals surface area contributed by atoms with Gasteiger partial charge in [-0.1, -0.05) is 25.7 Å². The van der Waals surface area contributed by atoms with E-state index in [9.17, 15) is 0 Å². The fraction of sp³-hybridized carbons (Fsp3) is 0.600. The fourth-order valence-electron chi connectivity index (χ4n) is 2.47. The lowest BCUT2D eigenvalue weighted by Crippen LogP contribution is -2.39. The number of guanidine groups is 1. The molecule has 1 heterocycles. The summed E-state index contributed by atoms with van der Waals surface area (Å²) in [7, 11) is 1.63. The zero-order chi connectivity index (χ0) is 14.2. The second kappa shape index (κ2) is 7.72. The standard InChI is InChI=1S/C15H24N4O/c1-20-14-9-8-13(17-11-14)10-18-15(16)19-12-6-4-2-3-5-7-12/h8-9,11-12H,2-7,10H2,1H3,(H3,16,18,19). The molecule has 3 N–H and O–H groups in total. The van der Waals surface area contributed by atoms with Crippen molar-refractivity contribution in [2.75, 3.05) is 7.11 Å². The number of rotatable bonds is 4. The molecule has 0 aromatic carbocycles. The van der Waals surface area contributed by atoms with Crippen LogP contribution >= 0.6 is 0 Å². The molecule has 1 aliphatic carbocycles. The van der Waals surface area contributed by atoms with Gasteiger partial charge in [0.1, 0.15) is 5.75 Å². The van der Waals surface area contributed by atoms with Crippen molar-refractivity contribution in [3.05, 3.63) is 24.0 Å². The number of ether oxygens (including phenoxy) is 1. The molecule has 0 aliphatic heterocycles. The maximum atomic E-state index is 5.95. The van der Waals surface area contributed by atoms with Crippen LogP contribution < -0.4 is 15.8 Å². The van der Waals surface area contributed by atoms with Crippen molar-refractivity contribution >= 4 is 5.96 Å². The van der Waals surface area contributed by atoms with E-state index in [0.29, 0.717) is 18.5 Å². The Morgan fingerprint density at radius 1 is 1.35 bits per heavy atom. The summed E-state index contributed by atoms with van der Waals surface area (Å²) in [6.07, 6.45) is 9.32. The molecular formula is C15H24N4O. The molecule has 5 nitrogen and oxygen atoms in total. The minimum Gasteiger partial charge on any atom is -0.495 e. The number of aromatic nitrogens is 1. The Bertz CT molecular complexity index is 422. The van der Waals surface area contributed by atoms with Gasteiger partial charge < -0.3 is 15.8 Å². The minimum absolute atomic E-state index is 0.477. The van der Waals surface area contributed by atoms with E-state index in [1.165, 1.54) is 38.5 Å². The average Bonchev–Trinajstić information content (AvgIpc) is 2.74. The molecule has 0 saturated heterocycles. The molecule has 1 fully saturated rings. The molecule has 0 unspecified atom stereocenters. The molecule has 0 atom stereocenters. The van der Waals surface area contributed by atoms with Gasteiger partial charge in [-0.25, -0.2) is 4.99 Å². The first-order valence-corrected chi connectivity index (χ1v) is 7.33. The third-order valence-corrected chi connectivity index (χ3v) is 3.65. The Morgan fingerprint density at radius 2 is 2.10 bits per heavy atom. The number of pyridine rings is 1. The number of nitrogens with zero attached hydrogens (tertiary/aromatic N) is 2. The molecule has 0 amide bonds. The SMILES string of the molecule is COc1ccc(CN=C(N)NC2CCCCCC2)nc1. The number of hydrogen-bond donors (Lipinski definition) is 2. The van der Waals surface area contributed by atoms with E-state index < -0.39 is 0 Å². The van der Waals surface area contributed by atoms with Crippen LogP contribution in [0.2, 0.25) is 0 Å². The van der Waals surface area contributed by atoms with E-state index in [1.54, 1.807) is 13.3 Å². The van der Waals surface area contributed by atoms with Crippen LogP contribution in [0.3, 0.4) is 0 Å². The lowest BCUT2D eigenvalue weighted by molar-refractivity contribution is 0.412. The summed E-state index contributed by atoms with van der Waals surface area (Å²) in [4.78, 5) is 8.62. The molecule has 110 valence electrons.